The molecule has 1 aliphatic heterocycles. The van der Waals surface area contributed by atoms with Crippen molar-refractivity contribution in [3.8, 4) is 0 Å². The van der Waals surface area contributed by atoms with E-state index in [4.69, 9.17) is 11.6 Å². The van der Waals surface area contributed by atoms with Gasteiger partial charge in [0.1, 0.15) is 5.82 Å². The van der Waals surface area contributed by atoms with Gasteiger partial charge in [-0.3, -0.25) is 0 Å². The van der Waals surface area contributed by atoms with Crippen molar-refractivity contribution < 1.29 is 4.39 Å². The second kappa shape index (κ2) is 7.12. The maximum Gasteiger partial charge on any atom is 0.123 e. The van der Waals surface area contributed by atoms with Gasteiger partial charge in [0.05, 0.1) is 0 Å². The fraction of sp³-hybridized carbons (Fsp3) is 0.333. The van der Waals surface area contributed by atoms with Gasteiger partial charge in [0.2, 0.25) is 0 Å². The molecule has 0 spiro atoms. The highest BCUT2D eigenvalue weighted by Crippen LogP contribution is 2.25. The van der Waals surface area contributed by atoms with Crippen molar-refractivity contribution >= 4 is 17.3 Å². The number of hydrogen-bond acceptors (Lipinski definition) is 2. The van der Waals surface area contributed by atoms with Crippen LogP contribution < -0.4 is 10.2 Å². The summed E-state index contributed by atoms with van der Waals surface area (Å²) in [5.41, 5.74) is 2.29. The van der Waals surface area contributed by atoms with Crippen molar-refractivity contribution in [2.45, 2.75) is 25.4 Å². The van der Waals surface area contributed by atoms with Crippen molar-refractivity contribution in [1.29, 1.82) is 0 Å². The van der Waals surface area contributed by atoms with Crippen LogP contribution in [0.25, 0.3) is 0 Å². The number of nitrogens with one attached hydrogen (secondary N) is 1. The molecule has 0 atom stereocenters. The Hall–Kier alpha value is -1.58. The number of piperidine rings is 1. The summed E-state index contributed by atoms with van der Waals surface area (Å²) >= 11 is 6.01. The van der Waals surface area contributed by atoms with E-state index < -0.39 is 0 Å². The Morgan fingerprint density at radius 1 is 1.00 bits per heavy atom. The minimum Gasteiger partial charge on any atom is -0.364 e. The first-order chi connectivity index (χ1) is 10.7. The normalized spacial score (nSPS) is 15.7. The molecular formula is C18H20ClFN2. The molecular weight excluding hydrogens is 299 g/mol. The van der Waals surface area contributed by atoms with E-state index in [9.17, 15) is 4.39 Å². The number of halogens is 2. The Bertz CT molecular complexity index is 591. The Labute approximate surface area is 135 Å². The largest absolute Gasteiger partial charge is 0.364 e. The Balaban J connectivity index is 1.84. The molecule has 116 valence electrons. The Kier molecular flexibility index (Phi) is 4.96. The SMILES string of the molecule is Fc1ccc(CN(c2ccc(Cl)cc2)C2CCNCC2)cc1. The monoisotopic (exact) mass is 318 g/mol. The van der Waals surface area contributed by atoms with E-state index in [1.165, 1.54) is 17.8 Å². The van der Waals surface area contributed by atoms with Gasteiger partial charge in [-0.25, -0.2) is 4.39 Å². The summed E-state index contributed by atoms with van der Waals surface area (Å²) in [6.07, 6.45) is 2.23. The zero-order valence-electron chi connectivity index (χ0n) is 12.4. The lowest BCUT2D eigenvalue weighted by Gasteiger charge is -2.36. The predicted molar refractivity (Wildman–Crippen MR) is 89.9 cm³/mol. The molecule has 0 radical (unpaired) electrons. The van der Waals surface area contributed by atoms with Crippen LogP contribution in [0, 0.1) is 5.82 Å². The van der Waals surface area contributed by atoms with E-state index in [-0.39, 0.29) is 5.82 Å². The van der Waals surface area contributed by atoms with Gasteiger partial charge >= 0.3 is 0 Å². The molecule has 0 bridgehead atoms. The van der Waals surface area contributed by atoms with E-state index in [1.54, 1.807) is 0 Å². The van der Waals surface area contributed by atoms with Crippen molar-refractivity contribution in [2.75, 3.05) is 18.0 Å². The first-order valence-corrected chi connectivity index (χ1v) is 8.07. The molecule has 22 heavy (non-hydrogen) atoms. The van der Waals surface area contributed by atoms with Gasteiger partial charge in [0.25, 0.3) is 0 Å². The summed E-state index contributed by atoms with van der Waals surface area (Å²) in [7, 11) is 0. The minimum absolute atomic E-state index is 0.191. The number of hydrogen-bond donors (Lipinski definition) is 1. The van der Waals surface area contributed by atoms with Crippen LogP contribution in [0.4, 0.5) is 10.1 Å². The van der Waals surface area contributed by atoms with Crippen LogP contribution in [0.2, 0.25) is 5.02 Å². The molecule has 4 heteroatoms. The van der Waals surface area contributed by atoms with E-state index >= 15 is 0 Å². The smallest absolute Gasteiger partial charge is 0.123 e. The Morgan fingerprint density at radius 3 is 2.27 bits per heavy atom. The molecule has 0 unspecified atom stereocenters. The molecule has 1 N–H and O–H groups in total. The van der Waals surface area contributed by atoms with Gasteiger partial charge in [0.15, 0.2) is 0 Å². The zero-order chi connectivity index (χ0) is 15.4. The number of anilines is 1. The fourth-order valence-electron chi connectivity index (χ4n) is 2.97. The summed E-state index contributed by atoms with van der Waals surface area (Å²) < 4.78 is 13.1. The lowest BCUT2D eigenvalue weighted by molar-refractivity contribution is 0.428. The topological polar surface area (TPSA) is 15.3 Å². The van der Waals surface area contributed by atoms with Crippen LogP contribution in [-0.4, -0.2) is 19.1 Å². The average Bonchev–Trinajstić information content (AvgIpc) is 2.56. The molecule has 2 nitrogen and oxygen atoms in total. The predicted octanol–water partition coefficient (Wildman–Crippen LogP) is 4.24. The molecule has 1 fully saturated rings. The van der Waals surface area contributed by atoms with Crippen LogP contribution >= 0.6 is 11.6 Å². The lowest BCUT2D eigenvalue weighted by atomic mass is 10.0. The third kappa shape index (κ3) is 3.79. The van der Waals surface area contributed by atoms with Crippen LogP contribution in [0.5, 0.6) is 0 Å². The van der Waals surface area contributed by atoms with Gasteiger partial charge in [-0.2, -0.15) is 0 Å². The Morgan fingerprint density at radius 2 is 1.64 bits per heavy atom. The first kappa shape index (κ1) is 15.3. The maximum absolute atomic E-state index is 13.1. The molecule has 2 aromatic rings. The highest BCUT2D eigenvalue weighted by molar-refractivity contribution is 6.30. The molecule has 1 aliphatic rings. The first-order valence-electron chi connectivity index (χ1n) is 7.70. The molecule has 0 saturated carbocycles. The van der Waals surface area contributed by atoms with E-state index in [1.807, 2.05) is 24.3 Å². The minimum atomic E-state index is -0.191. The molecule has 0 aromatic heterocycles. The molecule has 0 aliphatic carbocycles. The van der Waals surface area contributed by atoms with Crippen LogP contribution in [0.15, 0.2) is 48.5 Å². The van der Waals surface area contributed by atoms with Gasteiger partial charge in [-0.1, -0.05) is 23.7 Å². The second-order valence-corrected chi connectivity index (χ2v) is 6.15. The second-order valence-electron chi connectivity index (χ2n) is 5.71. The van der Waals surface area contributed by atoms with E-state index in [2.05, 4.69) is 22.3 Å². The summed E-state index contributed by atoms with van der Waals surface area (Å²) in [6, 6.07) is 15.2. The van der Waals surface area contributed by atoms with Gasteiger partial charge in [-0.05, 0) is 67.9 Å². The maximum atomic E-state index is 13.1. The van der Waals surface area contributed by atoms with Crippen LogP contribution in [0.1, 0.15) is 18.4 Å². The van der Waals surface area contributed by atoms with Crippen molar-refractivity contribution in [2.24, 2.45) is 0 Å². The number of rotatable bonds is 4. The van der Waals surface area contributed by atoms with Crippen molar-refractivity contribution in [3.63, 3.8) is 0 Å². The van der Waals surface area contributed by atoms with Gasteiger partial charge < -0.3 is 10.2 Å². The standard InChI is InChI=1S/C18H20ClFN2/c19-15-3-7-17(8-4-15)22(18-9-11-21-12-10-18)13-14-1-5-16(20)6-2-14/h1-8,18,21H,9-13H2. The summed E-state index contributed by atoms with van der Waals surface area (Å²) in [4.78, 5) is 2.41. The molecule has 1 saturated heterocycles. The van der Waals surface area contributed by atoms with Crippen LogP contribution in [-0.2, 0) is 6.54 Å². The summed E-state index contributed by atoms with van der Waals surface area (Å²) in [5.74, 6) is -0.191. The molecule has 3 rings (SSSR count). The lowest BCUT2D eigenvalue weighted by Crippen LogP contribution is -2.43. The highest BCUT2D eigenvalue weighted by atomic mass is 35.5. The number of benzene rings is 2. The fourth-order valence-corrected chi connectivity index (χ4v) is 3.09. The molecule has 1 heterocycles. The molecule has 2 aromatic carbocycles. The van der Waals surface area contributed by atoms with Crippen molar-refractivity contribution in [3.05, 3.63) is 64.9 Å². The third-order valence-electron chi connectivity index (χ3n) is 4.17. The number of nitrogens with zero attached hydrogens (tertiary/aromatic N) is 1. The highest BCUT2D eigenvalue weighted by Gasteiger charge is 2.21. The van der Waals surface area contributed by atoms with Crippen molar-refractivity contribution in [1.82, 2.24) is 5.32 Å². The third-order valence-corrected chi connectivity index (χ3v) is 4.43. The zero-order valence-corrected chi connectivity index (χ0v) is 13.2. The van der Waals surface area contributed by atoms with Gasteiger partial charge in [-0.15, -0.1) is 0 Å². The summed E-state index contributed by atoms with van der Waals surface area (Å²) in [5, 5.41) is 4.15. The quantitative estimate of drug-likeness (QED) is 0.907. The summed E-state index contributed by atoms with van der Waals surface area (Å²) in [6.45, 7) is 2.86. The average molecular weight is 319 g/mol. The molecule has 0 amide bonds. The van der Waals surface area contributed by atoms with Crippen LogP contribution in [0.3, 0.4) is 0 Å². The van der Waals surface area contributed by atoms with Gasteiger partial charge in [0, 0.05) is 23.3 Å². The van der Waals surface area contributed by atoms with E-state index in [0.29, 0.717) is 6.04 Å². The van der Waals surface area contributed by atoms with E-state index in [0.717, 1.165) is 43.1 Å².